The molecule has 0 saturated heterocycles. The van der Waals surface area contributed by atoms with Crippen LogP contribution in [-0.2, 0) is 25.7 Å². The Hall–Kier alpha value is -4.48. The number of H-pyrrole nitrogens is 1. The highest BCUT2D eigenvalue weighted by molar-refractivity contribution is 5.79. The summed E-state index contributed by atoms with van der Waals surface area (Å²) in [4.78, 5) is 18.2. The molecule has 0 aliphatic carbocycles. The van der Waals surface area contributed by atoms with E-state index in [4.69, 9.17) is 0 Å². The van der Waals surface area contributed by atoms with E-state index in [1.165, 1.54) is 15.3 Å². The summed E-state index contributed by atoms with van der Waals surface area (Å²) in [5.41, 5.74) is 2.45. The van der Waals surface area contributed by atoms with Crippen LogP contribution in [0.3, 0.4) is 0 Å². The third-order valence-corrected chi connectivity index (χ3v) is 6.76. The number of rotatable bonds is 10. The molecule has 0 radical (unpaired) electrons. The number of halogens is 3. The largest absolute Gasteiger partial charge is 0.419 e. The Morgan fingerprint density at radius 1 is 1.00 bits per heavy atom. The van der Waals surface area contributed by atoms with Gasteiger partial charge in [-0.25, -0.2) is 9.89 Å². The Bertz CT molecular complexity index is 1630. The van der Waals surface area contributed by atoms with Gasteiger partial charge in [-0.15, -0.1) is 5.10 Å². The lowest BCUT2D eigenvalue weighted by Crippen LogP contribution is -2.27. The molecule has 5 aromatic rings. The van der Waals surface area contributed by atoms with Gasteiger partial charge in [0.25, 0.3) is 0 Å². The van der Waals surface area contributed by atoms with Gasteiger partial charge in [-0.2, -0.15) is 13.2 Å². The fourth-order valence-electron chi connectivity index (χ4n) is 4.83. The molecule has 0 unspecified atom stereocenters. The van der Waals surface area contributed by atoms with E-state index >= 15 is 0 Å². The first-order valence-corrected chi connectivity index (χ1v) is 13.2. The number of nitrogens with zero attached hydrogens (tertiary/aromatic N) is 7. The number of aromatic amines is 1. The molecule has 0 spiro atoms. The van der Waals surface area contributed by atoms with Crippen LogP contribution in [0.15, 0.2) is 65.8 Å². The fourth-order valence-corrected chi connectivity index (χ4v) is 4.83. The van der Waals surface area contributed by atoms with Gasteiger partial charge in [-0.1, -0.05) is 50.6 Å². The van der Waals surface area contributed by atoms with Crippen LogP contribution < -0.4 is 5.69 Å². The van der Waals surface area contributed by atoms with Crippen LogP contribution in [0.5, 0.6) is 0 Å². The number of pyridine rings is 1. The summed E-state index contributed by atoms with van der Waals surface area (Å²) in [7, 11) is 0. The molecule has 0 aliphatic heterocycles. The number of unbranched alkanes of at least 4 members (excludes halogenated alkanes) is 1. The first-order valence-electron chi connectivity index (χ1n) is 13.2. The maximum absolute atomic E-state index is 13.9. The second-order valence-electron chi connectivity index (χ2n) is 9.54. The zero-order valence-electron chi connectivity index (χ0n) is 22.2. The van der Waals surface area contributed by atoms with E-state index in [1.54, 1.807) is 12.4 Å². The molecule has 4 aromatic heterocycles. The highest BCUT2D eigenvalue weighted by Gasteiger charge is 2.37. The van der Waals surface area contributed by atoms with Crippen LogP contribution in [0.25, 0.3) is 28.3 Å². The van der Waals surface area contributed by atoms with E-state index in [0.29, 0.717) is 36.6 Å². The van der Waals surface area contributed by atoms with Crippen LogP contribution in [0.4, 0.5) is 13.2 Å². The van der Waals surface area contributed by atoms with Gasteiger partial charge in [-0.05, 0) is 47.4 Å². The number of nitrogens with one attached hydrogen (secondary N) is 1. The normalized spacial score (nSPS) is 11.8. The standard InChI is InChI=1S/C28H29F3N8O/c1-3-5-8-21-18-39(26-24(28(29,30)31)13-15-37(26)14-4-2)27(40)38(21)17-20-12-11-19(16-32-20)22-9-6-7-10-23(22)25-33-35-36-34-25/h6-7,9-13,15-16,18H,3-5,8,14,17H2,1-2H3,(H,33,34,35,36). The highest BCUT2D eigenvalue weighted by atomic mass is 19.4. The molecule has 208 valence electrons. The predicted octanol–water partition coefficient (Wildman–Crippen LogP) is 5.50. The van der Waals surface area contributed by atoms with Gasteiger partial charge in [0.1, 0.15) is 5.82 Å². The van der Waals surface area contributed by atoms with E-state index < -0.39 is 17.4 Å². The smallest absolute Gasteiger partial charge is 0.334 e. The van der Waals surface area contributed by atoms with Crippen molar-refractivity contribution < 1.29 is 13.2 Å². The van der Waals surface area contributed by atoms with Crippen molar-refractivity contribution in [1.82, 2.24) is 39.3 Å². The quantitative estimate of drug-likeness (QED) is 0.248. The maximum atomic E-state index is 13.9. The van der Waals surface area contributed by atoms with Crippen molar-refractivity contribution in [2.75, 3.05) is 0 Å². The van der Waals surface area contributed by atoms with Gasteiger partial charge in [0.05, 0.1) is 17.8 Å². The van der Waals surface area contributed by atoms with Crippen molar-refractivity contribution in [2.45, 2.75) is 58.8 Å². The highest BCUT2D eigenvalue weighted by Crippen LogP contribution is 2.35. The van der Waals surface area contributed by atoms with Crippen molar-refractivity contribution in [2.24, 2.45) is 0 Å². The van der Waals surface area contributed by atoms with Crippen LogP contribution in [0.1, 0.15) is 50.1 Å². The Balaban J connectivity index is 1.52. The maximum Gasteiger partial charge on any atom is 0.419 e. The lowest BCUT2D eigenvalue weighted by atomic mass is 10.0. The number of tetrazole rings is 1. The average molecular weight is 551 g/mol. The number of aryl methyl sites for hydroxylation is 2. The molecule has 12 heteroatoms. The van der Waals surface area contributed by atoms with Crippen LogP contribution in [0.2, 0.25) is 0 Å². The lowest BCUT2D eigenvalue weighted by Gasteiger charge is -2.13. The van der Waals surface area contributed by atoms with Gasteiger partial charge < -0.3 is 4.57 Å². The van der Waals surface area contributed by atoms with Gasteiger partial charge in [0.2, 0.25) is 0 Å². The second kappa shape index (κ2) is 11.3. The summed E-state index contributed by atoms with van der Waals surface area (Å²) in [6.07, 6.45) is 2.93. The molecular weight excluding hydrogens is 521 g/mol. The molecule has 9 nitrogen and oxygen atoms in total. The summed E-state index contributed by atoms with van der Waals surface area (Å²) in [5.74, 6) is 0.372. The Labute approximate surface area is 228 Å². The van der Waals surface area contributed by atoms with Gasteiger partial charge in [-0.3, -0.25) is 14.1 Å². The number of benzene rings is 1. The van der Waals surface area contributed by atoms with Gasteiger partial charge in [0, 0.05) is 42.0 Å². The molecule has 0 bridgehead atoms. The molecule has 1 N–H and O–H groups in total. The molecule has 5 rings (SSSR count). The Morgan fingerprint density at radius 3 is 2.45 bits per heavy atom. The summed E-state index contributed by atoms with van der Waals surface area (Å²) in [5, 5.41) is 14.1. The minimum Gasteiger partial charge on any atom is -0.334 e. The van der Waals surface area contributed by atoms with Crippen molar-refractivity contribution in [1.29, 1.82) is 0 Å². The van der Waals surface area contributed by atoms with Gasteiger partial charge >= 0.3 is 11.9 Å². The monoisotopic (exact) mass is 550 g/mol. The predicted molar refractivity (Wildman–Crippen MR) is 144 cm³/mol. The second-order valence-corrected chi connectivity index (χ2v) is 9.54. The zero-order valence-corrected chi connectivity index (χ0v) is 22.2. The summed E-state index contributed by atoms with van der Waals surface area (Å²) in [6.45, 7) is 4.41. The molecule has 1 aromatic carbocycles. The van der Waals surface area contributed by atoms with Crippen LogP contribution in [-0.4, -0.2) is 39.3 Å². The molecular formula is C28H29F3N8O. The SMILES string of the molecule is CCCCc1cn(-c2c(C(F)(F)F)ccn2CCC)c(=O)n1Cc1ccc(-c2ccccc2-c2nnn[nH]2)cn1. The number of hydrogen-bond acceptors (Lipinski definition) is 5. The molecule has 4 heterocycles. The number of alkyl halides is 3. The third-order valence-electron chi connectivity index (χ3n) is 6.76. The molecule has 0 saturated carbocycles. The van der Waals surface area contributed by atoms with E-state index in [1.807, 2.05) is 50.2 Å². The summed E-state index contributed by atoms with van der Waals surface area (Å²) >= 11 is 0. The summed E-state index contributed by atoms with van der Waals surface area (Å²) < 4.78 is 45.9. The Morgan fingerprint density at radius 2 is 1.80 bits per heavy atom. The molecule has 0 amide bonds. The number of hydrogen-bond donors (Lipinski definition) is 1. The van der Waals surface area contributed by atoms with Crippen LogP contribution in [0, 0.1) is 0 Å². The third kappa shape index (κ3) is 5.33. The summed E-state index contributed by atoms with van der Waals surface area (Å²) in [6, 6.07) is 12.4. The van der Waals surface area contributed by atoms with E-state index in [9.17, 15) is 18.0 Å². The first-order chi connectivity index (χ1) is 19.3. The topological polar surface area (TPSA) is 99.2 Å². The first kappa shape index (κ1) is 27.1. The van der Waals surface area contributed by atoms with Gasteiger partial charge in [0.15, 0.2) is 5.82 Å². The molecule has 0 aliphatic rings. The van der Waals surface area contributed by atoms with E-state index in [-0.39, 0.29) is 12.4 Å². The number of aromatic nitrogens is 8. The molecule has 0 fully saturated rings. The lowest BCUT2D eigenvalue weighted by molar-refractivity contribution is -0.137. The van der Waals surface area contributed by atoms with Crippen molar-refractivity contribution >= 4 is 0 Å². The number of imidazole rings is 1. The minimum absolute atomic E-state index is 0.134. The van der Waals surface area contributed by atoms with E-state index in [2.05, 4.69) is 25.6 Å². The molecule has 0 atom stereocenters. The fraction of sp³-hybridized carbons (Fsp3) is 0.321. The van der Waals surface area contributed by atoms with Crippen LogP contribution >= 0.6 is 0 Å². The zero-order chi connectivity index (χ0) is 28.3. The van der Waals surface area contributed by atoms with Crippen molar-refractivity contribution in [3.8, 4) is 28.3 Å². The van der Waals surface area contributed by atoms with Crippen molar-refractivity contribution in [3.05, 3.63) is 88.5 Å². The van der Waals surface area contributed by atoms with Crippen molar-refractivity contribution in [3.63, 3.8) is 0 Å². The minimum atomic E-state index is -4.59. The van der Waals surface area contributed by atoms with E-state index in [0.717, 1.165) is 40.2 Å². The Kier molecular flexibility index (Phi) is 7.67. The molecule has 40 heavy (non-hydrogen) atoms. The average Bonchev–Trinajstić information content (AvgIpc) is 3.69.